The second-order valence-corrected chi connectivity index (χ2v) is 11.0. The summed E-state index contributed by atoms with van der Waals surface area (Å²) in [6, 6.07) is 14.6. The number of halogens is 1. The van der Waals surface area contributed by atoms with Crippen molar-refractivity contribution in [2.75, 3.05) is 24.3 Å². The predicted molar refractivity (Wildman–Crippen MR) is 136 cm³/mol. The molecule has 34 heavy (non-hydrogen) atoms. The number of hydrogen-bond donors (Lipinski definition) is 1. The van der Waals surface area contributed by atoms with Gasteiger partial charge in [-0.15, -0.1) is 0 Å². The van der Waals surface area contributed by atoms with E-state index in [1.807, 2.05) is 45.8 Å². The molecule has 0 spiro atoms. The lowest BCUT2D eigenvalue weighted by Gasteiger charge is -2.32. The topological polar surface area (TPSA) is 82.9 Å². The zero-order valence-electron chi connectivity index (χ0n) is 19.9. The van der Waals surface area contributed by atoms with Crippen LogP contribution in [-0.4, -0.2) is 38.8 Å². The van der Waals surface area contributed by atoms with E-state index >= 15 is 0 Å². The fourth-order valence-electron chi connectivity index (χ4n) is 3.54. The highest BCUT2D eigenvalue weighted by Gasteiger charge is 2.32. The molecule has 0 saturated carbocycles. The molecule has 1 N–H and O–H groups in total. The first kappa shape index (κ1) is 25.8. The SMILES string of the molecule is CC(C)C(C)N(Cc1cc(NC(=O)c2ccco2)ccc1N(C)C)S(=O)(=O)c1cccc(Cl)c1. The van der Waals surface area contributed by atoms with Gasteiger partial charge in [-0.2, -0.15) is 4.31 Å². The molecular weight excluding hydrogens is 474 g/mol. The van der Waals surface area contributed by atoms with Crippen LogP contribution in [0.15, 0.2) is 70.2 Å². The highest BCUT2D eigenvalue weighted by atomic mass is 35.5. The van der Waals surface area contributed by atoms with Gasteiger partial charge in [-0.1, -0.05) is 31.5 Å². The molecule has 182 valence electrons. The monoisotopic (exact) mass is 503 g/mol. The molecule has 0 bridgehead atoms. The molecule has 1 aromatic heterocycles. The minimum absolute atomic E-state index is 0.0682. The van der Waals surface area contributed by atoms with Gasteiger partial charge in [0.25, 0.3) is 5.91 Å². The van der Waals surface area contributed by atoms with Gasteiger partial charge in [-0.05, 0) is 66.9 Å². The smallest absolute Gasteiger partial charge is 0.291 e. The van der Waals surface area contributed by atoms with Gasteiger partial charge in [0.15, 0.2) is 5.76 Å². The van der Waals surface area contributed by atoms with Crippen molar-refractivity contribution in [1.29, 1.82) is 0 Å². The Kier molecular flexibility index (Phi) is 8.07. The van der Waals surface area contributed by atoms with Gasteiger partial charge in [0.05, 0.1) is 11.2 Å². The van der Waals surface area contributed by atoms with E-state index in [1.165, 1.54) is 16.6 Å². The normalized spacial score (nSPS) is 12.7. The van der Waals surface area contributed by atoms with Crippen LogP contribution in [0.5, 0.6) is 0 Å². The molecule has 0 aliphatic carbocycles. The number of carbonyl (C=O) groups is 1. The number of nitrogens with zero attached hydrogens (tertiary/aromatic N) is 2. The van der Waals surface area contributed by atoms with Crippen LogP contribution in [0.1, 0.15) is 36.9 Å². The molecule has 3 rings (SSSR count). The Morgan fingerprint density at radius 1 is 1.06 bits per heavy atom. The zero-order valence-corrected chi connectivity index (χ0v) is 21.5. The van der Waals surface area contributed by atoms with Crippen LogP contribution in [0.4, 0.5) is 11.4 Å². The summed E-state index contributed by atoms with van der Waals surface area (Å²) in [5, 5.41) is 3.17. The first-order chi connectivity index (χ1) is 16.0. The molecule has 0 aliphatic rings. The maximum absolute atomic E-state index is 13.7. The van der Waals surface area contributed by atoms with Crippen molar-refractivity contribution in [2.45, 2.75) is 38.3 Å². The maximum Gasteiger partial charge on any atom is 0.291 e. The number of furan rings is 1. The largest absolute Gasteiger partial charge is 0.459 e. The number of anilines is 2. The number of hydrogen-bond acceptors (Lipinski definition) is 5. The molecule has 1 amide bonds. The molecule has 0 radical (unpaired) electrons. The molecule has 0 fully saturated rings. The van der Waals surface area contributed by atoms with Crippen molar-refractivity contribution < 1.29 is 17.6 Å². The lowest BCUT2D eigenvalue weighted by atomic mass is 10.1. The zero-order chi connectivity index (χ0) is 25.0. The molecule has 3 aromatic rings. The third kappa shape index (κ3) is 5.81. The fourth-order valence-corrected chi connectivity index (χ4v) is 5.58. The van der Waals surface area contributed by atoms with E-state index in [0.717, 1.165) is 11.3 Å². The summed E-state index contributed by atoms with van der Waals surface area (Å²) in [5.41, 5.74) is 2.14. The van der Waals surface area contributed by atoms with E-state index in [-0.39, 0.29) is 35.1 Å². The van der Waals surface area contributed by atoms with Crippen LogP contribution in [-0.2, 0) is 16.6 Å². The van der Waals surface area contributed by atoms with Crippen LogP contribution < -0.4 is 10.2 Å². The summed E-state index contributed by atoms with van der Waals surface area (Å²) in [5.74, 6) is -0.122. The van der Waals surface area contributed by atoms with E-state index in [1.54, 1.807) is 42.5 Å². The van der Waals surface area contributed by atoms with E-state index in [2.05, 4.69) is 5.32 Å². The number of sulfonamides is 1. The predicted octanol–water partition coefficient (Wildman–Crippen LogP) is 5.49. The molecule has 2 aromatic carbocycles. The Morgan fingerprint density at radius 2 is 1.79 bits per heavy atom. The van der Waals surface area contributed by atoms with E-state index < -0.39 is 10.0 Å². The molecule has 1 unspecified atom stereocenters. The minimum atomic E-state index is -3.85. The summed E-state index contributed by atoms with van der Waals surface area (Å²) >= 11 is 6.10. The number of rotatable bonds is 9. The fraction of sp³-hybridized carbons (Fsp3) is 0.320. The van der Waals surface area contributed by atoms with Crippen LogP contribution in [0, 0.1) is 5.92 Å². The Bertz CT molecular complexity index is 1240. The summed E-state index contributed by atoms with van der Waals surface area (Å²) in [6.07, 6.45) is 1.43. The average Bonchev–Trinajstić information content (AvgIpc) is 3.32. The molecule has 9 heteroatoms. The van der Waals surface area contributed by atoms with Gasteiger partial charge in [0, 0.05) is 43.1 Å². The minimum Gasteiger partial charge on any atom is -0.459 e. The molecule has 0 saturated heterocycles. The lowest BCUT2D eigenvalue weighted by Crippen LogP contribution is -2.41. The third-order valence-corrected chi connectivity index (χ3v) is 7.88. The van der Waals surface area contributed by atoms with Crippen LogP contribution in [0.25, 0.3) is 0 Å². The standard InChI is InChI=1S/C25H30ClN3O4S/c1-17(2)18(3)29(34(31,32)22-9-6-8-20(26)15-22)16-19-14-21(11-12-23(19)28(4)5)27-25(30)24-10-7-13-33-24/h6-15,17-18H,16H2,1-5H3,(H,27,30). The average molecular weight is 504 g/mol. The Hall–Kier alpha value is -2.81. The van der Waals surface area contributed by atoms with Crippen LogP contribution in [0.3, 0.4) is 0 Å². The molecule has 7 nitrogen and oxygen atoms in total. The van der Waals surface area contributed by atoms with Crippen molar-refractivity contribution in [1.82, 2.24) is 4.31 Å². The Labute approximate surface area is 206 Å². The highest BCUT2D eigenvalue weighted by molar-refractivity contribution is 7.89. The maximum atomic E-state index is 13.7. The summed E-state index contributed by atoms with van der Waals surface area (Å²) in [6.45, 7) is 5.98. The van der Waals surface area contributed by atoms with Gasteiger partial charge in [0.1, 0.15) is 0 Å². The molecule has 0 aliphatic heterocycles. The van der Waals surface area contributed by atoms with Crippen molar-refractivity contribution in [3.8, 4) is 0 Å². The highest BCUT2D eigenvalue weighted by Crippen LogP contribution is 2.30. The van der Waals surface area contributed by atoms with Gasteiger partial charge >= 0.3 is 0 Å². The molecular formula is C25H30ClN3O4S. The first-order valence-corrected chi connectivity index (χ1v) is 12.7. The summed E-state index contributed by atoms with van der Waals surface area (Å²) in [4.78, 5) is 14.5. The summed E-state index contributed by atoms with van der Waals surface area (Å²) < 4.78 is 34.1. The second-order valence-electron chi connectivity index (χ2n) is 8.66. The number of carbonyl (C=O) groups excluding carboxylic acids is 1. The quantitative estimate of drug-likeness (QED) is 0.417. The number of nitrogens with one attached hydrogen (secondary N) is 1. The molecule has 1 atom stereocenters. The van der Waals surface area contributed by atoms with Gasteiger partial charge in [-0.25, -0.2) is 8.42 Å². The Balaban J connectivity index is 2.02. The first-order valence-electron chi connectivity index (χ1n) is 10.9. The van der Waals surface area contributed by atoms with Crippen LogP contribution in [0.2, 0.25) is 5.02 Å². The van der Waals surface area contributed by atoms with E-state index in [9.17, 15) is 13.2 Å². The molecule has 1 heterocycles. The number of amides is 1. The Morgan fingerprint density at radius 3 is 2.38 bits per heavy atom. The van der Waals surface area contributed by atoms with Crippen molar-refractivity contribution >= 4 is 38.9 Å². The van der Waals surface area contributed by atoms with Crippen LogP contribution >= 0.6 is 11.6 Å². The lowest BCUT2D eigenvalue weighted by molar-refractivity contribution is 0.0996. The van der Waals surface area contributed by atoms with Crippen molar-refractivity contribution in [3.63, 3.8) is 0 Å². The van der Waals surface area contributed by atoms with Gasteiger partial charge in [-0.3, -0.25) is 4.79 Å². The van der Waals surface area contributed by atoms with E-state index in [0.29, 0.717) is 10.7 Å². The van der Waals surface area contributed by atoms with Gasteiger partial charge < -0.3 is 14.6 Å². The van der Waals surface area contributed by atoms with Crippen molar-refractivity contribution in [2.24, 2.45) is 5.92 Å². The second kappa shape index (κ2) is 10.6. The third-order valence-electron chi connectivity index (χ3n) is 5.71. The number of benzene rings is 2. The van der Waals surface area contributed by atoms with Gasteiger partial charge in [0.2, 0.25) is 10.0 Å². The van der Waals surface area contributed by atoms with E-state index in [4.69, 9.17) is 16.0 Å². The van der Waals surface area contributed by atoms with Crippen molar-refractivity contribution in [3.05, 3.63) is 77.2 Å². The summed E-state index contributed by atoms with van der Waals surface area (Å²) in [7, 11) is -0.0708.